The van der Waals surface area contributed by atoms with Crippen molar-refractivity contribution in [3.05, 3.63) is 69.5 Å². The van der Waals surface area contributed by atoms with Crippen LogP contribution in [0.5, 0.6) is 0 Å². The second-order valence-electron chi connectivity index (χ2n) is 5.07. The molecule has 0 spiro atoms. The van der Waals surface area contributed by atoms with Crippen molar-refractivity contribution in [1.29, 1.82) is 0 Å². The van der Waals surface area contributed by atoms with Crippen molar-refractivity contribution in [2.24, 2.45) is 5.73 Å². The second kappa shape index (κ2) is 6.75. The summed E-state index contributed by atoms with van der Waals surface area (Å²) in [5.41, 5.74) is 6.50. The average Bonchev–Trinajstić information content (AvgIpc) is 2.48. The molecule has 5 heteroatoms. The van der Waals surface area contributed by atoms with Gasteiger partial charge in [-0.25, -0.2) is 4.39 Å². The highest BCUT2D eigenvalue weighted by molar-refractivity contribution is 6.33. The van der Waals surface area contributed by atoms with Crippen LogP contribution in [0.1, 0.15) is 11.1 Å². The minimum Gasteiger partial charge on any atom is -0.395 e. The topological polar surface area (TPSA) is 46.2 Å². The van der Waals surface area contributed by atoms with E-state index in [0.717, 1.165) is 5.56 Å². The molecule has 112 valence electrons. The molecule has 0 saturated heterocycles. The monoisotopic (exact) mass is 327 g/mol. The molecule has 1 unspecified atom stereocenters. The van der Waals surface area contributed by atoms with E-state index in [9.17, 15) is 9.50 Å². The lowest BCUT2D eigenvalue weighted by Gasteiger charge is -2.31. The maximum absolute atomic E-state index is 13.5. The fraction of sp³-hybridized carbons (Fsp3) is 0.250. The van der Waals surface area contributed by atoms with E-state index in [1.807, 2.05) is 0 Å². The van der Waals surface area contributed by atoms with Gasteiger partial charge in [0.25, 0.3) is 0 Å². The van der Waals surface area contributed by atoms with Gasteiger partial charge in [0.2, 0.25) is 0 Å². The first-order chi connectivity index (χ1) is 10.0. The first-order valence-electron chi connectivity index (χ1n) is 6.52. The lowest BCUT2D eigenvalue weighted by atomic mass is 9.76. The number of aliphatic hydroxyl groups excluding tert-OH is 1. The van der Waals surface area contributed by atoms with Crippen molar-refractivity contribution in [2.45, 2.75) is 11.8 Å². The number of halogens is 3. The quantitative estimate of drug-likeness (QED) is 0.881. The van der Waals surface area contributed by atoms with Crippen molar-refractivity contribution in [1.82, 2.24) is 0 Å². The smallest absolute Gasteiger partial charge is 0.123 e. The highest BCUT2D eigenvalue weighted by Gasteiger charge is 2.31. The minimum absolute atomic E-state index is 0.162. The van der Waals surface area contributed by atoms with Gasteiger partial charge in [0.15, 0.2) is 0 Å². The van der Waals surface area contributed by atoms with E-state index in [0.29, 0.717) is 22.0 Å². The molecule has 0 aliphatic carbocycles. The second-order valence-corrected chi connectivity index (χ2v) is 5.91. The number of benzene rings is 2. The van der Waals surface area contributed by atoms with Crippen molar-refractivity contribution >= 4 is 23.2 Å². The Labute approximate surface area is 133 Å². The zero-order valence-electron chi connectivity index (χ0n) is 11.3. The van der Waals surface area contributed by atoms with Crippen molar-refractivity contribution in [3.63, 3.8) is 0 Å². The molecule has 0 aromatic heterocycles. The van der Waals surface area contributed by atoms with E-state index in [-0.39, 0.29) is 19.0 Å². The number of rotatable bonds is 5. The predicted molar refractivity (Wildman–Crippen MR) is 84.4 cm³/mol. The van der Waals surface area contributed by atoms with E-state index in [4.69, 9.17) is 28.9 Å². The van der Waals surface area contributed by atoms with Crippen molar-refractivity contribution in [2.75, 3.05) is 13.2 Å². The Morgan fingerprint density at radius 2 is 1.90 bits per heavy atom. The fourth-order valence-electron chi connectivity index (χ4n) is 2.37. The Bertz CT molecular complexity index is 629. The SMILES string of the molecule is NCC(CO)(Cc1cc(Cl)ccc1Cl)c1cccc(F)c1. The van der Waals surface area contributed by atoms with Gasteiger partial charge in [-0.1, -0.05) is 35.3 Å². The van der Waals surface area contributed by atoms with E-state index in [1.54, 1.807) is 30.3 Å². The molecule has 0 aliphatic rings. The summed E-state index contributed by atoms with van der Waals surface area (Å²) in [7, 11) is 0. The molecule has 0 saturated carbocycles. The number of nitrogens with two attached hydrogens (primary N) is 1. The Morgan fingerprint density at radius 1 is 1.14 bits per heavy atom. The van der Waals surface area contributed by atoms with Crippen LogP contribution in [0.2, 0.25) is 10.0 Å². The first kappa shape index (κ1) is 16.2. The molecule has 0 heterocycles. The third kappa shape index (κ3) is 3.55. The van der Waals surface area contributed by atoms with E-state index >= 15 is 0 Å². The molecular formula is C16H16Cl2FNO. The summed E-state index contributed by atoms with van der Waals surface area (Å²) in [5, 5.41) is 11.0. The zero-order valence-corrected chi connectivity index (χ0v) is 12.8. The number of hydrogen-bond acceptors (Lipinski definition) is 2. The molecule has 0 amide bonds. The summed E-state index contributed by atoms with van der Waals surface area (Å²) < 4.78 is 13.5. The predicted octanol–water partition coefficient (Wildman–Crippen LogP) is 3.56. The Kier molecular flexibility index (Phi) is 5.22. The van der Waals surface area contributed by atoms with Crippen molar-refractivity contribution in [3.8, 4) is 0 Å². The molecule has 0 radical (unpaired) electrons. The van der Waals surface area contributed by atoms with Crippen LogP contribution >= 0.6 is 23.2 Å². The van der Waals surface area contributed by atoms with Crippen LogP contribution in [0.3, 0.4) is 0 Å². The molecule has 0 aliphatic heterocycles. The molecule has 1 atom stereocenters. The highest BCUT2D eigenvalue weighted by atomic mass is 35.5. The maximum Gasteiger partial charge on any atom is 0.123 e. The van der Waals surface area contributed by atoms with Gasteiger partial charge in [-0.15, -0.1) is 0 Å². The molecule has 21 heavy (non-hydrogen) atoms. The third-order valence-corrected chi connectivity index (χ3v) is 4.27. The first-order valence-corrected chi connectivity index (χ1v) is 7.27. The van der Waals surface area contributed by atoms with E-state index in [1.165, 1.54) is 12.1 Å². The standard InChI is InChI=1S/C16H16Cl2FNO/c17-13-4-5-15(18)11(6-13)8-16(9-20,10-21)12-2-1-3-14(19)7-12/h1-7,21H,8-10,20H2. The molecule has 0 fully saturated rings. The third-order valence-electron chi connectivity index (χ3n) is 3.67. The Morgan fingerprint density at radius 3 is 2.52 bits per heavy atom. The summed E-state index contributed by atoms with van der Waals surface area (Å²) in [6, 6.07) is 11.2. The normalized spacial score (nSPS) is 14.0. The van der Waals surface area contributed by atoms with Crippen LogP contribution in [0, 0.1) is 5.82 Å². The summed E-state index contributed by atoms with van der Waals surface area (Å²) in [4.78, 5) is 0. The van der Waals surface area contributed by atoms with Gasteiger partial charge in [0, 0.05) is 22.0 Å². The number of hydrogen-bond donors (Lipinski definition) is 2. The molecule has 3 N–H and O–H groups in total. The molecule has 2 nitrogen and oxygen atoms in total. The molecule has 2 aromatic carbocycles. The van der Waals surface area contributed by atoms with Crippen LogP contribution in [0.25, 0.3) is 0 Å². The van der Waals surface area contributed by atoms with E-state index < -0.39 is 5.41 Å². The largest absolute Gasteiger partial charge is 0.395 e. The van der Waals surface area contributed by atoms with Gasteiger partial charge >= 0.3 is 0 Å². The average molecular weight is 328 g/mol. The van der Waals surface area contributed by atoms with Crippen LogP contribution in [-0.4, -0.2) is 18.3 Å². The summed E-state index contributed by atoms with van der Waals surface area (Å²) in [6.07, 6.45) is 0.378. The maximum atomic E-state index is 13.5. The van der Waals surface area contributed by atoms with Gasteiger partial charge < -0.3 is 10.8 Å². The molecule has 2 rings (SSSR count). The highest BCUT2D eigenvalue weighted by Crippen LogP contribution is 2.32. The lowest BCUT2D eigenvalue weighted by molar-refractivity contribution is 0.196. The van der Waals surface area contributed by atoms with Gasteiger partial charge in [-0.3, -0.25) is 0 Å². The van der Waals surface area contributed by atoms with Crippen LogP contribution in [0.15, 0.2) is 42.5 Å². The lowest BCUT2D eigenvalue weighted by Crippen LogP contribution is -2.41. The summed E-state index contributed by atoms with van der Waals surface area (Å²) in [6.45, 7) is -0.0500. The van der Waals surface area contributed by atoms with Gasteiger partial charge in [0.05, 0.1) is 6.61 Å². The molecule has 0 bridgehead atoms. The van der Waals surface area contributed by atoms with Crippen molar-refractivity contribution < 1.29 is 9.50 Å². The Balaban J connectivity index is 2.45. The zero-order chi connectivity index (χ0) is 15.5. The number of aliphatic hydroxyl groups is 1. The van der Waals surface area contributed by atoms with Gasteiger partial charge in [-0.2, -0.15) is 0 Å². The van der Waals surface area contributed by atoms with E-state index in [2.05, 4.69) is 0 Å². The summed E-state index contributed by atoms with van der Waals surface area (Å²) >= 11 is 12.2. The Hall–Kier alpha value is -1.13. The minimum atomic E-state index is -0.795. The fourth-order valence-corrected chi connectivity index (χ4v) is 2.74. The van der Waals surface area contributed by atoms with Crippen LogP contribution < -0.4 is 5.73 Å². The van der Waals surface area contributed by atoms with Gasteiger partial charge in [0.1, 0.15) is 5.82 Å². The van der Waals surface area contributed by atoms with Crippen LogP contribution in [-0.2, 0) is 11.8 Å². The van der Waals surface area contributed by atoms with Gasteiger partial charge in [-0.05, 0) is 47.9 Å². The van der Waals surface area contributed by atoms with Crippen LogP contribution in [0.4, 0.5) is 4.39 Å². The molecule has 2 aromatic rings. The summed E-state index contributed by atoms with van der Waals surface area (Å²) in [5.74, 6) is -0.365. The molecular weight excluding hydrogens is 312 g/mol.